The van der Waals surface area contributed by atoms with Crippen LogP contribution < -0.4 is 9.37 Å². The summed E-state index contributed by atoms with van der Waals surface area (Å²) in [7, 11) is 0. The highest BCUT2D eigenvalue weighted by Gasteiger charge is 2.22. The Morgan fingerprint density at radius 1 is 0.806 bits per heavy atom. The Bertz CT molecular complexity index is 1260. The van der Waals surface area contributed by atoms with E-state index in [0.29, 0.717) is 0 Å². The average molecular weight is 453 g/mol. The standard InChI is InChI=1S/C26H34N3S2/c1-25(2,3)15-17-28-19-11-7-9-13-21(19)30-23(28)27-24-29(18-16-26(4,5)6)20-12-8-10-14-22(20)31-24/h7-14H,15-18H2,1-6H3/q+1. The van der Waals surface area contributed by atoms with Crippen LogP contribution in [0.1, 0.15) is 54.4 Å². The molecule has 4 aromatic rings. The molecule has 0 saturated heterocycles. The van der Waals surface area contributed by atoms with Gasteiger partial charge in [0.25, 0.3) is 0 Å². The number of thiazole rings is 2. The molecule has 4 rings (SSSR count). The van der Waals surface area contributed by atoms with Crippen LogP contribution in [0.25, 0.3) is 20.4 Å². The Balaban J connectivity index is 1.86. The molecular formula is C26H34N3S2+. The lowest BCUT2D eigenvalue weighted by Crippen LogP contribution is -2.35. The molecule has 2 aromatic carbocycles. The number of aryl methyl sites for hydroxylation is 2. The van der Waals surface area contributed by atoms with E-state index in [1.807, 2.05) is 0 Å². The second kappa shape index (κ2) is 8.51. The summed E-state index contributed by atoms with van der Waals surface area (Å²) < 4.78 is 7.45. The van der Waals surface area contributed by atoms with Gasteiger partial charge in [-0.2, -0.15) is 0 Å². The van der Waals surface area contributed by atoms with Crippen molar-refractivity contribution in [3.8, 4) is 0 Å². The number of hydrogen-bond donors (Lipinski definition) is 0. The van der Waals surface area contributed by atoms with E-state index in [2.05, 4.69) is 99.2 Å². The molecule has 31 heavy (non-hydrogen) atoms. The van der Waals surface area contributed by atoms with Crippen molar-refractivity contribution in [2.45, 2.75) is 67.5 Å². The van der Waals surface area contributed by atoms with Crippen LogP contribution in [0.15, 0.2) is 53.5 Å². The van der Waals surface area contributed by atoms with Crippen LogP contribution in [0.4, 0.5) is 5.13 Å². The first-order valence-electron chi connectivity index (χ1n) is 11.2. The summed E-state index contributed by atoms with van der Waals surface area (Å²) in [6.07, 6.45) is 2.24. The van der Waals surface area contributed by atoms with Gasteiger partial charge in [-0.25, -0.2) is 4.57 Å². The van der Waals surface area contributed by atoms with Gasteiger partial charge >= 0.3 is 9.93 Å². The van der Waals surface area contributed by atoms with Crippen LogP contribution in [0.3, 0.4) is 0 Å². The molecule has 164 valence electrons. The molecule has 0 fully saturated rings. The smallest absolute Gasteiger partial charge is 0.295 e. The van der Waals surface area contributed by atoms with Crippen LogP contribution in [0.2, 0.25) is 0 Å². The summed E-state index contributed by atoms with van der Waals surface area (Å²) in [6, 6.07) is 17.4. The minimum atomic E-state index is 0.289. The number of nitrogens with zero attached hydrogens (tertiary/aromatic N) is 3. The van der Waals surface area contributed by atoms with Crippen molar-refractivity contribution < 1.29 is 4.57 Å². The fourth-order valence-corrected chi connectivity index (χ4v) is 5.79. The van der Waals surface area contributed by atoms with E-state index in [4.69, 9.17) is 4.99 Å². The predicted molar refractivity (Wildman–Crippen MR) is 135 cm³/mol. The third-order valence-corrected chi connectivity index (χ3v) is 7.66. The summed E-state index contributed by atoms with van der Waals surface area (Å²) >= 11 is 3.60. The molecule has 0 spiro atoms. The van der Waals surface area contributed by atoms with Crippen molar-refractivity contribution in [2.24, 2.45) is 15.8 Å². The summed E-state index contributed by atoms with van der Waals surface area (Å²) in [5, 5.41) is 1.10. The third-order valence-electron chi connectivity index (χ3n) is 5.54. The van der Waals surface area contributed by atoms with Crippen molar-refractivity contribution in [3.05, 3.63) is 53.3 Å². The minimum absolute atomic E-state index is 0.289. The molecule has 0 saturated carbocycles. The van der Waals surface area contributed by atoms with Crippen molar-refractivity contribution in [1.82, 2.24) is 4.57 Å². The van der Waals surface area contributed by atoms with E-state index in [0.717, 1.165) is 35.9 Å². The van der Waals surface area contributed by atoms with E-state index in [9.17, 15) is 0 Å². The number of hydrogen-bond acceptors (Lipinski definition) is 3. The minimum Gasteiger partial charge on any atom is -0.295 e. The predicted octanol–water partition coefficient (Wildman–Crippen LogP) is 7.31. The molecule has 0 atom stereocenters. The van der Waals surface area contributed by atoms with E-state index in [-0.39, 0.29) is 10.8 Å². The monoisotopic (exact) mass is 452 g/mol. The van der Waals surface area contributed by atoms with Crippen LogP contribution in [0, 0.1) is 10.8 Å². The highest BCUT2D eigenvalue weighted by atomic mass is 32.1. The summed E-state index contributed by atoms with van der Waals surface area (Å²) in [4.78, 5) is 6.38. The van der Waals surface area contributed by atoms with Gasteiger partial charge in [0.1, 0.15) is 5.52 Å². The molecule has 0 radical (unpaired) electrons. The van der Waals surface area contributed by atoms with Gasteiger partial charge < -0.3 is 0 Å². The second-order valence-electron chi connectivity index (χ2n) is 10.7. The quantitative estimate of drug-likeness (QED) is 0.283. The lowest BCUT2D eigenvalue weighted by molar-refractivity contribution is -0.657. The van der Waals surface area contributed by atoms with Gasteiger partial charge in [-0.05, 0) is 59.3 Å². The maximum atomic E-state index is 5.28. The Labute approximate surface area is 193 Å². The van der Waals surface area contributed by atoms with Crippen LogP contribution in [0.5, 0.6) is 0 Å². The van der Waals surface area contributed by atoms with Gasteiger partial charge in [0.15, 0.2) is 0 Å². The highest BCUT2D eigenvalue weighted by molar-refractivity contribution is 7.21. The molecule has 3 nitrogen and oxygen atoms in total. The summed E-state index contributed by atoms with van der Waals surface area (Å²) in [5.41, 5.74) is 3.16. The number of benzene rings is 2. The Kier molecular flexibility index (Phi) is 6.10. The van der Waals surface area contributed by atoms with E-state index >= 15 is 0 Å². The summed E-state index contributed by atoms with van der Waals surface area (Å²) in [5.74, 6) is 0. The largest absolute Gasteiger partial charge is 0.386 e. The molecule has 2 aromatic heterocycles. The normalized spacial score (nSPS) is 13.5. The first-order chi connectivity index (χ1) is 14.6. The molecule has 0 aliphatic rings. The first-order valence-corrected chi connectivity index (χ1v) is 12.8. The molecular weight excluding hydrogens is 418 g/mol. The summed E-state index contributed by atoms with van der Waals surface area (Å²) in [6.45, 7) is 15.8. The fraction of sp³-hybridized carbons (Fsp3) is 0.462. The molecule has 0 aliphatic heterocycles. The second-order valence-corrected chi connectivity index (χ2v) is 12.8. The van der Waals surface area contributed by atoms with E-state index in [1.54, 1.807) is 22.7 Å². The number of aromatic nitrogens is 2. The van der Waals surface area contributed by atoms with Crippen LogP contribution >= 0.6 is 22.7 Å². The van der Waals surface area contributed by atoms with Gasteiger partial charge in [0, 0.05) is 11.5 Å². The molecule has 0 aliphatic carbocycles. The SMILES string of the molecule is CC(C)(C)CCn1c(=Nc2sc3ccccc3[n+]2CCC(C)(C)C)sc2ccccc21. The molecule has 2 heterocycles. The van der Waals surface area contributed by atoms with E-state index < -0.39 is 0 Å². The van der Waals surface area contributed by atoms with E-state index in [1.165, 1.54) is 20.4 Å². The molecule has 0 amide bonds. The van der Waals surface area contributed by atoms with Gasteiger partial charge in [0.2, 0.25) is 0 Å². The Morgan fingerprint density at radius 3 is 2.16 bits per heavy atom. The van der Waals surface area contributed by atoms with Crippen molar-refractivity contribution in [2.75, 3.05) is 0 Å². The van der Waals surface area contributed by atoms with Crippen molar-refractivity contribution in [3.63, 3.8) is 0 Å². The topological polar surface area (TPSA) is 21.2 Å². The third kappa shape index (κ3) is 5.27. The highest BCUT2D eigenvalue weighted by Crippen LogP contribution is 2.29. The van der Waals surface area contributed by atoms with Crippen molar-refractivity contribution in [1.29, 1.82) is 0 Å². The van der Waals surface area contributed by atoms with Crippen LogP contribution in [-0.4, -0.2) is 4.57 Å². The Hall–Kier alpha value is -1.98. The lowest BCUT2D eigenvalue weighted by atomic mass is 9.92. The zero-order valence-corrected chi connectivity index (χ0v) is 21.2. The maximum Gasteiger partial charge on any atom is 0.386 e. The average Bonchev–Trinajstić information content (AvgIpc) is 3.21. The lowest BCUT2D eigenvalue weighted by Gasteiger charge is -2.18. The number of rotatable bonds is 5. The van der Waals surface area contributed by atoms with Gasteiger partial charge in [-0.3, -0.25) is 4.57 Å². The van der Waals surface area contributed by atoms with Crippen molar-refractivity contribution >= 4 is 48.2 Å². The maximum absolute atomic E-state index is 5.28. The van der Waals surface area contributed by atoms with Gasteiger partial charge in [0.05, 0.1) is 21.5 Å². The number of fused-ring (bicyclic) bond motifs is 2. The zero-order valence-electron chi connectivity index (χ0n) is 19.6. The Morgan fingerprint density at radius 2 is 1.45 bits per heavy atom. The molecule has 0 N–H and O–H groups in total. The first kappa shape index (κ1) is 22.2. The number of para-hydroxylation sites is 2. The fourth-order valence-electron chi connectivity index (χ4n) is 3.62. The molecule has 0 unspecified atom stereocenters. The van der Waals surface area contributed by atoms with Crippen LogP contribution in [-0.2, 0) is 13.1 Å². The molecule has 0 bridgehead atoms. The van der Waals surface area contributed by atoms with Gasteiger partial charge in [-0.1, -0.05) is 77.1 Å². The molecule has 5 heteroatoms. The van der Waals surface area contributed by atoms with Gasteiger partial charge in [-0.15, -0.1) is 0 Å². The zero-order chi connectivity index (χ0) is 22.2.